The first-order chi connectivity index (χ1) is 12.6. The molecule has 0 radical (unpaired) electrons. The number of rotatable bonds is 6. The summed E-state index contributed by atoms with van der Waals surface area (Å²) in [5, 5.41) is 7.20. The average molecular weight is 351 g/mol. The lowest BCUT2D eigenvalue weighted by Gasteiger charge is -2.11. The van der Waals surface area contributed by atoms with E-state index in [1.807, 2.05) is 25.1 Å². The van der Waals surface area contributed by atoms with E-state index in [0.29, 0.717) is 29.4 Å². The van der Waals surface area contributed by atoms with Crippen molar-refractivity contribution in [3.63, 3.8) is 0 Å². The molecule has 0 bridgehead atoms. The monoisotopic (exact) mass is 351 g/mol. The number of methoxy groups -OCH3 is 2. The van der Waals surface area contributed by atoms with Crippen molar-refractivity contribution in [1.82, 2.24) is 9.78 Å². The number of aromatic nitrogens is 2. The van der Waals surface area contributed by atoms with Crippen LogP contribution in [0.1, 0.15) is 21.5 Å². The number of carbonyl (C=O) groups is 1. The maximum Gasteiger partial charge on any atom is 0.256 e. The number of anilines is 1. The molecule has 0 fully saturated rings. The second-order valence-electron chi connectivity index (χ2n) is 5.89. The summed E-state index contributed by atoms with van der Waals surface area (Å²) in [4.78, 5) is 12.6. The second-order valence-corrected chi connectivity index (χ2v) is 5.89. The molecule has 1 N–H and O–H groups in total. The molecule has 1 heterocycles. The smallest absolute Gasteiger partial charge is 0.256 e. The summed E-state index contributed by atoms with van der Waals surface area (Å²) in [6, 6.07) is 15.0. The van der Waals surface area contributed by atoms with Gasteiger partial charge in [0.05, 0.1) is 27.0 Å². The molecule has 0 aliphatic carbocycles. The molecule has 2 aromatic carbocycles. The van der Waals surface area contributed by atoms with Gasteiger partial charge in [0.2, 0.25) is 0 Å². The Labute approximate surface area is 152 Å². The van der Waals surface area contributed by atoms with Gasteiger partial charge in [0.15, 0.2) is 11.5 Å². The summed E-state index contributed by atoms with van der Waals surface area (Å²) < 4.78 is 12.2. The molecule has 134 valence electrons. The van der Waals surface area contributed by atoms with E-state index in [1.54, 1.807) is 42.3 Å². The standard InChI is InChI=1S/C20H21N3O3/c1-14-5-4-6-15(11-14)13-23-19(9-10-21-23)22-20(24)16-7-8-17(25-2)18(12-16)26-3/h4-12H,13H2,1-3H3,(H,22,24). The van der Waals surface area contributed by atoms with Crippen LogP contribution < -0.4 is 14.8 Å². The molecule has 1 amide bonds. The minimum absolute atomic E-state index is 0.239. The molecular formula is C20H21N3O3. The first-order valence-electron chi connectivity index (χ1n) is 8.21. The number of nitrogens with one attached hydrogen (secondary N) is 1. The molecule has 6 heteroatoms. The molecule has 0 aliphatic rings. The van der Waals surface area contributed by atoms with E-state index in [9.17, 15) is 4.79 Å². The van der Waals surface area contributed by atoms with Crippen molar-refractivity contribution in [1.29, 1.82) is 0 Å². The van der Waals surface area contributed by atoms with Crippen molar-refractivity contribution < 1.29 is 14.3 Å². The van der Waals surface area contributed by atoms with Gasteiger partial charge >= 0.3 is 0 Å². The summed E-state index contributed by atoms with van der Waals surface area (Å²) in [5.74, 6) is 1.48. The second kappa shape index (κ2) is 7.74. The third kappa shape index (κ3) is 3.85. The Bertz CT molecular complexity index is 918. The van der Waals surface area contributed by atoms with E-state index in [1.165, 1.54) is 12.7 Å². The normalized spacial score (nSPS) is 10.4. The van der Waals surface area contributed by atoms with E-state index < -0.39 is 0 Å². The number of hydrogen-bond acceptors (Lipinski definition) is 4. The van der Waals surface area contributed by atoms with E-state index in [2.05, 4.69) is 16.5 Å². The van der Waals surface area contributed by atoms with Crippen LogP contribution in [0.25, 0.3) is 0 Å². The lowest BCUT2D eigenvalue weighted by atomic mass is 10.1. The third-order valence-electron chi connectivity index (χ3n) is 4.02. The van der Waals surface area contributed by atoms with Gasteiger partial charge in [0.1, 0.15) is 5.82 Å². The van der Waals surface area contributed by atoms with E-state index in [-0.39, 0.29) is 5.91 Å². The summed E-state index contributed by atoms with van der Waals surface area (Å²) >= 11 is 0. The van der Waals surface area contributed by atoms with Crippen LogP contribution in [-0.4, -0.2) is 29.9 Å². The molecular weight excluding hydrogens is 330 g/mol. The zero-order valence-corrected chi connectivity index (χ0v) is 15.0. The highest BCUT2D eigenvalue weighted by molar-refractivity contribution is 6.04. The Morgan fingerprint density at radius 1 is 1.08 bits per heavy atom. The van der Waals surface area contributed by atoms with Crippen LogP contribution in [0.2, 0.25) is 0 Å². The Kier molecular flexibility index (Phi) is 5.22. The first-order valence-corrected chi connectivity index (χ1v) is 8.21. The Morgan fingerprint density at radius 3 is 2.62 bits per heavy atom. The molecule has 1 aromatic heterocycles. The van der Waals surface area contributed by atoms with Gasteiger partial charge in [-0.1, -0.05) is 29.8 Å². The van der Waals surface area contributed by atoms with Crippen molar-refractivity contribution in [3.8, 4) is 11.5 Å². The molecule has 0 aliphatic heterocycles. The molecule has 0 atom stereocenters. The number of ether oxygens (including phenoxy) is 2. The third-order valence-corrected chi connectivity index (χ3v) is 4.02. The summed E-state index contributed by atoms with van der Waals surface area (Å²) in [5.41, 5.74) is 2.78. The van der Waals surface area contributed by atoms with Crippen molar-refractivity contribution in [2.75, 3.05) is 19.5 Å². The molecule has 3 rings (SSSR count). The average Bonchev–Trinajstić information content (AvgIpc) is 3.07. The molecule has 0 unspecified atom stereocenters. The highest BCUT2D eigenvalue weighted by Crippen LogP contribution is 2.27. The summed E-state index contributed by atoms with van der Waals surface area (Å²) in [7, 11) is 3.10. The van der Waals surface area contributed by atoms with Crippen LogP contribution in [0.15, 0.2) is 54.7 Å². The fraction of sp³-hybridized carbons (Fsp3) is 0.200. The zero-order chi connectivity index (χ0) is 18.5. The summed E-state index contributed by atoms with van der Waals surface area (Å²) in [6.45, 7) is 2.63. The minimum Gasteiger partial charge on any atom is -0.493 e. The van der Waals surface area contributed by atoms with Crippen LogP contribution in [0.4, 0.5) is 5.82 Å². The van der Waals surface area contributed by atoms with Gasteiger partial charge in [-0.25, -0.2) is 4.68 Å². The lowest BCUT2D eigenvalue weighted by molar-refractivity contribution is 0.102. The van der Waals surface area contributed by atoms with Crippen molar-refractivity contribution in [3.05, 3.63) is 71.4 Å². The maximum atomic E-state index is 12.6. The van der Waals surface area contributed by atoms with E-state index in [0.717, 1.165) is 5.56 Å². The highest BCUT2D eigenvalue weighted by atomic mass is 16.5. The number of aryl methyl sites for hydroxylation is 1. The van der Waals surface area contributed by atoms with Crippen LogP contribution in [-0.2, 0) is 6.54 Å². The van der Waals surface area contributed by atoms with Crippen molar-refractivity contribution in [2.24, 2.45) is 0 Å². The number of nitrogens with zero attached hydrogens (tertiary/aromatic N) is 2. The predicted octanol–water partition coefficient (Wildman–Crippen LogP) is 3.51. The lowest BCUT2D eigenvalue weighted by Crippen LogP contribution is -2.16. The van der Waals surface area contributed by atoms with Crippen molar-refractivity contribution in [2.45, 2.75) is 13.5 Å². The molecule has 0 saturated heterocycles. The van der Waals surface area contributed by atoms with E-state index >= 15 is 0 Å². The number of carbonyl (C=O) groups excluding carboxylic acids is 1. The Balaban J connectivity index is 1.77. The van der Waals surface area contributed by atoms with Crippen LogP contribution in [0.3, 0.4) is 0 Å². The van der Waals surface area contributed by atoms with Gasteiger partial charge in [-0.2, -0.15) is 5.10 Å². The van der Waals surface area contributed by atoms with Gasteiger partial charge in [-0.05, 0) is 30.7 Å². The molecule has 6 nitrogen and oxygen atoms in total. The van der Waals surface area contributed by atoms with Gasteiger partial charge in [-0.3, -0.25) is 4.79 Å². The highest BCUT2D eigenvalue weighted by Gasteiger charge is 2.13. The molecule has 26 heavy (non-hydrogen) atoms. The van der Waals surface area contributed by atoms with Crippen LogP contribution in [0.5, 0.6) is 11.5 Å². The number of amides is 1. The SMILES string of the molecule is COc1ccc(C(=O)Nc2ccnn2Cc2cccc(C)c2)cc1OC. The van der Waals surface area contributed by atoms with Crippen LogP contribution in [0, 0.1) is 6.92 Å². The largest absolute Gasteiger partial charge is 0.493 e. The van der Waals surface area contributed by atoms with Crippen LogP contribution >= 0.6 is 0 Å². The van der Waals surface area contributed by atoms with Gasteiger partial charge in [0.25, 0.3) is 5.91 Å². The zero-order valence-electron chi connectivity index (χ0n) is 15.0. The number of benzene rings is 2. The fourth-order valence-electron chi connectivity index (χ4n) is 2.71. The van der Waals surface area contributed by atoms with Gasteiger partial charge in [0, 0.05) is 11.6 Å². The Hall–Kier alpha value is -3.28. The first kappa shape index (κ1) is 17.5. The molecule has 3 aromatic rings. The summed E-state index contributed by atoms with van der Waals surface area (Å²) in [6.07, 6.45) is 1.67. The molecule has 0 spiro atoms. The maximum absolute atomic E-state index is 12.6. The quantitative estimate of drug-likeness (QED) is 0.738. The topological polar surface area (TPSA) is 65.4 Å². The fourth-order valence-corrected chi connectivity index (χ4v) is 2.71. The van der Waals surface area contributed by atoms with Gasteiger partial charge in [-0.15, -0.1) is 0 Å². The number of hydrogen-bond donors (Lipinski definition) is 1. The van der Waals surface area contributed by atoms with Crippen molar-refractivity contribution >= 4 is 11.7 Å². The molecule has 0 saturated carbocycles. The minimum atomic E-state index is -0.239. The predicted molar refractivity (Wildman–Crippen MR) is 100 cm³/mol. The Morgan fingerprint density at radius 2 is 1.88 bits per heavy atom. The van der Waals surface area contributed by atoms with Gasteiger partial charge < -0.3 is 14.8 Å². The van der Waals surface area contributed by atoms with E-state index in [4.69, 9.17) is 9.47 Å².